The summed E-state index contributed by atoms with van der Waals surface area (Å²) in [6.07, 6.45) is 0. The number of carbonyl (C=O) groups is 1. The highest BCUT2D eigenvalue weighted by atomic mass is 19.1. The summed E-state index contributed by atoms with van der Waals surface area (Å²) in [5.74, 6) is -0.950. The van der Waals surface area contributed by atoms with E-state index < -0.39 is 17.8 Å². The van der Waals surface area contributed by atoms with Gasteiger partial charge in [-0.1, -0.05) is 30.3 Å². The number of hydrogen-bond acceptors (Lipinski definition) is 3. The van der Waals surface area contributed by atoms with Crippen LogP contribution in [0.25, 0.3) is 5.69 Å². The third-order valence-corrected chi connectivity index (χ3v) is 4.44. The first-order chi connectivity index (χ1) is 12.9. The van der Waals surface area contributed by atoms with E-state index in [-0.39, 0.29) is 11.2 Å². The summed E-state index contributed by atoms with van der Waals surface area (Å²) in [6.45, 7) is 3.42. The minimum Gasteiger partial charge on any atom is -0.368 e. The van der Waals surface area contributed by atoms with Crippen molar-refractivity contribution in [2.45, 2.75) is 19.9 Å². The molecule has 2 N–H and O–H groups in total. The van der Waals surface area contributed by atoms with E-state index >= 15 is 0 Å². The molecule has 6 nitrogen and oxygen atoms in total. The van der Waals surface area contributed by atoms with E-state index in [1.54, 1.807) is 37.7 Å². The van der Waals surface area contributed by atoms with Crippen LogP contribution in [0.3, 0.4) is 0 Å². The van der Waals surface area contributed by atoms with Crippen molar-refractivity contribution in [1.29, 1.82) is 0 Å². The van der Waals surface area contributed by atoms with Crippen LogP contribution >= 0.6 is 0 Å². The molecule has 3 aromatic rings. The van der Waals surface area contributed by atoms with Gasteiger partial charge in [-0.05, 0) is 38.1 Å². The maximum absolute atomic E-state index is 13.7. The van der Waals surface area contributed by atoms with Gasteiger partial charge in [-0.25, -0.2) is 9.07 Å². The number of benzene rings is 2. The number of halogens is 1. The Labute approximate surface area is 156 Å². The molecule has 0 fully saturated rings. The SMILES string of the molecule is Cc1c(N[C@@H](C)C(=O)Nc2ccccc2F)c(=O)n(-c2ccccc2)n1C. The summed E-state index contributed by atoms with van der Waals surface area (Å²) in [5.41, 5.74) is 1.59. The standard InChI is InChI=1S/C20H21FN4O2/c1-13(19(26)23-17-12-8-7-11-16(17)21)22-18-14(2)24(3)25(20(18)27)15-9-5-4-6-10-15/h4-13,22H,1-3H3,(H,23,26)/t13-/m0/s1. The van der Waals surface area contributed by atoms with Gasteiger partial charge < -0.3 is 10.6 Å². The lowest BCUT2D eigenvalue weighted by molar-refractivity contribution is -0.116. The molecule has 0 saturated carbocycles. The van der Waals surface area contributed by atoms with Crippen LogP contribution < -0.4 is 16.2 Å². The van der Waals surface area contributed by atoms with Crippen LogP contribution in [0.5, 0.6) is 0 Å². The van der Waals surface area contributed by atoms with Gasteiger partial charge in [0.25, 0.3) is 5.56 Å². The van der Waals surface area contributed by atoms with Crippen molar-refractivity contribution in [3.05, 3.63) is 76.5 Å². The van der Waals surface area contributed by atoms with Gasteiger partial charge in [-0.3, -0.25) is 14.3 Å². The van der Waals surface area contributed by atoms with Crippen LogP contribution in [0.15, 0.2) is 59.4 Å². The molecule has 1 amide bonds. The smallest absolute Gasteiger partial charge is 0.295 e. The Kier molecular flexibility index (Phi) is 5.12. The molecule has 0 saturated heterocycles. The highest BCUT2D eigenvalue weighted by Gasteiger charge is 2.21. The van der Waals surface area contributed by atoms with Crippen molar-refractivity contribution in [3.63, 3.8) is 0 Å². The number of hydrogen-bond donors (Lipinski definition) is 2. The molecule has 27 heavy (non-hydrogen) atoms. The molecule has 0 aliphatic heterocycles. The molecule has 7 heteroatoms. The number of anilines is 2. The largest absolute Gasteiger partial charge is 0.368 e. The topological polar surface area (TPSA) is 68.1 Å². The Morgan fingerprint density at radius 3 is 2.37 bits per heavy atom. The fraction of sp³-hybridized carbons (Fsp3) is 0.200. The van der Waals surface area contributed by atoms with Crippen molar-refractivity contribution in [3.8, 4) is 5.69 Å². The molecule has 1 atom stereocenters. The van der Waals surface area contributed by atoms with E-state index in [0.717, 1.165) is 5.69 Å². The lowest BCUT2D eigenvalue weighted by Gasteiger charge is -2.14. The first-order valence-corrected chi connectivity index (χ1v) is 8.56. The lowest BCUT2D eigenvalue weighted by atomic mass is 10.2. The highest BCUT2D eigenvalue weighted by molar-refractivity contribution is 5.96. The molecule has 1 aromatic heterocycles. The van der Waals surface area contributed by atoms with Crippen LogP contribution in [0.1, 0.15) is 12.6 Å². The van der Waals surface area contributed by atoms with E-state index in [0.29, 0.717) is 11.4 Å². The van der Waals surface area contributed by atoms with Gasteiger partial charge >= 0.3 is 0 Å². The zero-order valence-corrected chi connectivity index (χ0v) is 15.4. The number of carbonyl (C=O) groups excluding carboxylic acids is 1. The van der Waals surface area contributed by atoms with E-state index in [2.05, 4.69) is 10.6 Å². The van der Waals surface area contributed by atoms with Crippen molar-refractivity contribution in [2.75, 3.05) is 10.6 Å². The fourth-order valence-electron chi connectivity index (χ4n) is 2.82. The molecule has 2 aromatic carbocycles. The molecule has 3 rings (SSSR count). The normalized spacial score (nSPS) is 11.9. The minimum atomic E-state index is -0.734. The number of nitrogens with one attached hydrogen (secondary N) is 2. The van der Waals surface area contributed by atoms with E-state index in [9.17, 15) is 14.0 Å². The van der Waals surface area contributed by atoms with Crippen molar-refractivity contribution in [1.82, 2.24) is 9.36 Å². The third-order valence-electron chi connectivity index (χ3n) is 4.44. The Bertz CT molecular complexity index is 1020. The third kappa shape index (κ3) is 3.62. The Morgan fingerprint density at radius 2 is 1.70 bits per heavy atom. The van der Waals surface area contributed by atoms with Crippen molar-refractivity contribution < 1.29 is 9.18 Å². The molecule has 0 spiro atoms. The summed E-state index contributed by atoms with van der Waals surface area (Å²) in [4.78, 5) is 25.3. The van der Waals surface area contributed by atoms with Gasteiger partial charge in [-0.15, -0.1) is 0 Å². The molecule has 0 aliphatic rings. The second kappa shape index (κ2) is 7.49. The summed E-state index contributed by atoms with van der Waals surface area (Å²) < 4.78 is 17.0. The lowest BCUT2D eigenvalue weighted by Crippen LogP contribution is -2.34. The Morgan fingerprint density at radius 1 is 1.07 bits per heavy atom. The van der Waals surface area contributed by atoms with Gasteiger partial charge in [0.15, 0.2) is 0 Å². The summed E-state index contributed by atoms with van der Waals surface area (Å²) in [5, 5.41) is 5.49. The second-order valence-corrected chi connectivity index (χ2v) is 6.27. The molecule has 0 radical (unpaired) electrons. The monoisotopic (exact) mass is 368 g/mol. The fourth-order valence-corrected chi connectivity index (χ4v) is 2.82. The van der Waals surface area contributed by atoms with E-state index in [4.69, 9.17) is 0 Å². The quantitative estimate of drug-likeness (QED) is 0.727. The molecule has 0 bridgehead atoms. The predicted octanol–water partition coefficient (Wildman–Crippen LogP) is 3.06. The minimum absolute atomic E-state index is 0.0997. The molecular weight excluding hydrogens is 347 g/mol. The van der Waals surface area contributed by atoms with Gasteiger partial charge in [0.05, 0.1) is 17.1 Å². The maximum Gasteiger partial charge on any atom is 0.295 e. The van der Waals surface area contributed by atoms with Crippen molar-refractivity contribution >= 4 is 17.3 Å². The van der Waals surface area contributed by atoms with E-state index in [1.807, 2.05) is 30.3 Å². The Hall–Kier alpha value is -3.35. The first-order valence-electron chi connectivity index (χ1n) is 8.56. The summed E-state index contributed by atoms with van der Waals surface area (Å²) in [6, 6.07) is 14.4. The van der Waals surface area contributed by atoms with Gasteiger partial charge in [0.1, 0.15) is 17.5 Å². The number of rotatable bonds is 5. The van der Waals surface area contributed by atoms with Crippen LogP contribution in [0, 0.1) is 12.7 Å². The van der Waals surface area contributed by atoms with Gasteiger partial charge in [0, 0.05) is 7.05 Å². The Balaban J connectivity index is 1.84. The molecule has 1 heterocycles. The first kappa shape index (κ1) is 18.4. The number of nitrogens with zero attached hydrogens (tertiary/aromatic N) is 2. The number of amides is 1. The summed E-state index contributed by atoms with van der Waals surface area (Å²) in [7, 11) is 1.78. The van der Waals surface area contributed by atoms with Crippen LogP contribution in [-0.2, 0) is 11.8 Å². The molecular formula is C20H21FN4O2. The van der Waals surface area contributed by atoms with Crippen LogP contribution in [0.2, 0.25) is 0 Å². The second-order valence-electron chi connectivity index (χ2n) is 6.27. The average Bonchev–Trinajstić information content (AvgIpc) is 2.87. The van der Waals surface area contributed by atoms with Gasteiger partial charge in [0.2, 0.25) is 5.91 Å². The average molecular weight is 368 g/mol. The zero-order chi connectivity index (χ0) is 19.6. The molecule has 0 aliphatic carbocycles. The maximum atomic E-state index is 13.7. The number of aromatic nitrogens is 2. The van der Waals surface area contributed by atoms with Crippen LogP contribution in [-0.4, -0.2) is 21.3 Å². The summed E-state index contributed by atoms with van der Waals surface area (Å²) >= 11 is 0. The number of para-hydroxylation sites is 2. The van der Waals surface area contributed by atoms with Crippen molar-refractivity contribution in [2.24, 2.45) is 7.05 Å². The predicted molar refractivity (Wildman–Crippen MR) is 104 cm³/mol. The molecule has 0 unspecified atom stereocenters. The van der Waals surface area contributed by atoms with Gasteiger partial charge in [-0.2, -0.15) is 0 Å². The zero-order valence-electron chi connectivity index (χ0n) is 15.4. The molecule has 140 valence electrons. The highest BCUT2D eigenvalue weighted by Crippen LogP contribution is 2.16. The van der Waals surface area contributed by atoms with Crippen LogP contribution in [0.4, 0.5) is 15.8 Å². The van der Waals surface area contributed by atoms with E-state index in [1.165, 1.54) is 16.8 Å².